The molecular weight excluding hydrogens is 319 g/mol. The second-order valence-electron chi connectivity index (χ2n) is 4.22. The summed E-state index contributed by atoms with van der Waals surface area (Å²) < 4.78 is 39.9. The molecule has 9 heteroatoms. The number of pyridine rings is 1. The SMILES string of the molecule is Cc1cc(NS(=O)(=O)c2cnc(NN)c(Cl)c2)ccc1F. The number of nitrogens with one attached hydrogen (secondary N) is 2. The Bertz CT molecular complexity index is 783. The molecule has 0 atom stereocenters. The number of halogens is 2. The summed E-state index contributed by atoms with van der Waals surface area (Å²) in [6, 6.07) is 5.10. The highest BCUT2D eigenvalue weighted by atomic mass is 35.5. The smallest absolute Gasteiger partial charge is 0.263 e. The van der Waals surface area contributed by atoms with Crippen molar-refractivity contribution in [1.29, 1.82) is 0 Å². The van der Waals surface area contributed by atoms with Crippen molar-refractivity contribution in [1.82, 2.24) is 4.98 Å². The second kappa shape index (κ2) is 5.84. The number of sulfonamides is 1. The van der Waals surface area contributed by atoms with Crippen LogP contribution in [0.3, 0.4) is 0 Å². The zero-order chi connectivity index (χ0) is 15.6. The molecule has 1 aromatic carbocycles. The van der Waals surface area contributed by atoms with Gasteiger partial charge in [-0.05, 0) is 36.8 Å². The first-order valence-electron chi connectivity index (χ1n) is 5.74. The van der Waals surface area contributed by atoms with Gasteiger partial charge in [0.25, 0.3) is 10.0 Å². The molecule has 21 heavy (non-hydrogen) atoms. The van der Waals surface area contributed by atoms with E-state index in [2.05, 4.69) is 15.1 Å². The van der Waals surface area contributed by atoms with Crippen molar-refractivity contribution in [2.45, 2.75) is 11.8 Å². The van der Waals surface area contributed by atoms with Crippen molar-refractivity contribution < 1.29 is 12.8 Å². The molecule has 6 nitrogen and oxygen atoms in total. The molecule has 1 heterocycles. The minimum atomic E-state index is -3.88. The molecule has 0 bridgehead atoms. The number of anilines is 2. The lowest BCUT2D eigenvalue weighted by molar-refractivity contribution is 0.600. The van der Waals surface area contributed by atoms with Gasteiger partial charge in [0.15, 0.2) is 5.82 Å². The topological polar surface area (TPSA) is 97.1 Å². The van der Waals surface area contributed by atoms with Crippen LogP contribution in [0.1, 0.15) is 5.56 Å². The number of aryl methyl sites for hydroxylation is 1. The average Bonchev–Trinajstić information content (AvgIpc) is 2.42. The summed E-state index contributed by atoms with van der Waals surface area (Å²) in [6.45, 7) is 1.53. The van der Waals surface area contributed by atoms with Crippen LogP contribution in [0.5, 0.6) is 0 Å². The molecule has 2 rings (SSSR count). The summed E-state index contributed by atoms with van der Waals surface area (Å²) in [5.41, 5.74) is 2.81. The molecule has 0 radical (unpaired) electrons. The fourth-order valence-corrected chi connectivity index (χ4v) is 2.90. The first kappa shape index (κ1) is 15.5. The summed E-state index contributed by atoms with van der Waals surface area (Å²) >= 11 is 5.84. The maximum Gasteiger partial charge on any atom is 0.263 e. The standard InChI is InChI=1S/C12H12ClFN4O2S/c1-7-4-8(2-3-11(7)14)18-21(19,20)9-5-10(13)12(17-15)16-6-9/h2-6,18H,15H2,1H3,(H,16,17). The van der Waals surface area contributed by atoms with Gasteiger partial charge in [-0.3, -0.25) is 4.72 Å². The molecular formula is C12H12ClFN4O2S. The number of benzene rings is 1. The summed E-state index contributed by atoms with van der Waals surface area (Å²) in [6.07, 6.45) is 1.11. The van der Waals surface area contributed by atoms with Gasteiger partial charge in [0.05, 0.1) is 5.02 Å². The third-order valence-electron chi connectivity index (χ3n) is 2.67. The van der Waals surface area contributed by atoms with Crippen LogP contribution in [-0.4, -0.2) is 13.4 Å². The van der Waals surface area contributed by atoms with E-state index in [0.29, 0.717) is 5.56 Å². The number of hydrogen-bond donors (Lipinski definition) is 3. The van der Waals surface area contributed by atoms with E-state index in [0.717, 1.165) is 6.20 Å². The Kier molecular flexibility index (Phi) is 4.31. The van der Waals surface area contributed by atoms with Gasteiger partial charge in [0.2, 0.25) is 0 Å². The van der Waals surface area contributed by atoms with E-state index in [1.54, 1.807) is 0 Å². The lowest BCUT2D eigenvalue weighted by atomic mass is 10.2. The number of rotatable bonds is 4. The van der Waals surface area contributed by atoms with E-state index in [4.69, 9.17) is 17.4 Å². The highest BCUT2D eigenvalue weighted by molar-refractivity contribution is 7.92. The van der Waals surface area contributed by atoms with Crippen LogP contribution in [0.4, 0.5) is 15.9 Å². The van der Waals surface area contributed by atoms with E-state index < -0.39 is 15.8 Å². The zero-order valence-corrected chi connectivity index (χ0v) is 12.5. The lowest BCUT2D eigenvalue weighted by Gasteiger charge is -2.10. The molecule has 0 aliphatic carbocycles. The van der Waals surface area contributed by atoms with Crippen molar-refractivity contribution in [3.05, 3.63) is 46.9 Å². The Morgan fingerprint density at radius 1 is 1.33 bits per heavy atom. The van der Waals surface area contributed by atoms with Gasteiger partial charge in [-0.1, -0.05) is 11.6 Å². The number of nitrogen functional groups attached to an aromatic ring is 1. The molecule has 1 aromatic heterocycles. The van der Waals surface area contributed by atoms with Crippen LogP contribution >= 0.6 is 11.6 Å². The van der Waals surface area contributed by atoms with E-state index >= 15 is 0 Å². The fourth-order valence-electron chi connectivity index (χ4n) is 1.60. The monoisotopic (exact) mass is 330 g/mol. The minimum Gasteiger partial charge on any atom is -0.307 e. The maximum atomic E-state index is 13.2. The Balaban J connectivity index is 2.33. The average molecular weight is 331 g/mol. The normalized spacial score (nSPS) is 11.2. The largest absolute Gasteiger partial charge is 0.307 e. The predicted molar refractivity (Wildman–Crippen MR) is 79.0 cm³/mol. The van der Waals surface area contributed by atoms with E-state index in [-0.39, 0.29) is 21.4 Å². The number of nitrogens with two attached hydrogens (primary N) is 1. The molecule has 4 N–H and O–H groups in total. The zero-order valence-electron chi connectivity index (χ0n) is 10.9. The summed E-state index contributed by atoms with van der Waals surface area (Å²) in [5, 5.41) is 0.0654. The Hall–Kier alpha value is -1.90. The Morgan fingerprint density at radius 2 is 2.05 bits per heavy atom. The van der Waals surface area contributed by atoms with Gasteiger partial charge in [-0.15, -0.1) is 0 Å². The summed E-state index contributed by atoms with van der Waals surface area (Å²) in [5.74, 6) is 4.91. The van der Waals surface area contributed by atoms with Gasteiger partial charge in [-0.2, -0.15) is 0 Å². The highest BCUT2D eigenvalue weighted by Crippen LogP contribution is 2.23. The van der Waals surface area contributed by atoms with Crippen molar-refractivity contribution in [2.75, 3.05) is 10.1 Å². The van der Waals surface area contributed by atoms with Gasteiger partial charge < -0.3 is 5.43 Å². The van der Waals surface area contributed by atoms with Crippen molar-refractivity contribution in [2.24, 2.45) is 5.84 Å². The molecule has 0 aliphatic rings. The molecule has 0 spiro atoms. The quantitative estimate of drug-likeness (QED) is 0.590. The molecule has 2 aromatic rings. The van der Waals surface area contributed by atoms with Crippen molar-refractivity contribution in [3.8, 4) is 0 Å². The molecule has 0 aliphatic heterocycles. The van der Waals surface area contributed by atoms with Crippen LogP contribution < -0.4 is 16.0 Å². The number of aromatic nitrogens is 1. The molecule has 0 fully saturated rings. The van der Waals surface area contributed by atoms with Crippen LogP contribution in [-0.2, 0) is 10.0 Å². The Morgan fingerprint density at radius 3 is 2.62 bits per heavy atom. The first-order chi connectivity index (χ1) is 9.83. The van der Waals surface area contributed by atoms with E-state index in [9.17, 15) is 12.8 Å². The molecule has 0 amide bonds. The van der Waals surface area contributed by atoms with Crippen LogP contribution in [0.2, 0.25) is 5.02 Å². The first-order valence-corrected chi connectivity index (χ1v) is 7.61. The van der Waals surface area contributed by atoms with Gasteiger partial charge in [-0.25, -0.2) is 23.6 Å². The molecule has 112 valence electrons. The van der Waals surface area contributed by atoms with Crippen molar-refractivity contribution in [3.63, 3.8) is 0 Å². The summed E-state index contributed by atoms with van der Waals surface area (Å²) in [4.78, 5) is 3.66. The fraction of sp³-hybridized carbons (Fsp3) is 0.0833. The molecule has 0 saturated carbocycles. The minimum absolute atomic E-state index is 0.0654. The number of hydrazine groups is 1. The van der Waals surface area contributed by atoms with Crippen molar-refractivity contribution >= 4 is 33.1 Å². The Labute approximate surface area is 126 Å². The van der Waals surface area contributed by atoms with E-state index in [1.807, 2.05) is 0 Å². The van der Waals surface area contributed by atoms with E-state index in [1.165, 1.54) is 31.2 Å². The molecule has 0 saturated heterocycles. The third-order valence-corrected chi connectivity index (χ3v) is 4.31. The third kappa shape index (κ3) is 3.41. The number of hydrogen-bond acceptors (Lipinski definition) is 5. The predicted octanol–water partition coefficient (Wildman–Crippen LogP) is 2.27. The van der Waals surface area contributed by atoms with Gasteiger partial charge in [0.1, 0.15) is 10.7 Å². The van der Waals surface area contributed by atoms with Crippen LogP contribution in [0.25, 0.3) is 0 Å². The van der Waals surface area contributed by atoms with Gasteiger partial charge in [0, 0.05) is 11.9 Å². The summed E-state index contributed by atoms with van der Waals surface area (Å²) in [7, 11) is -3.88. The van der Waals surface area contributed by atoms with Crippen LogP contribution in [0, 0.1) is 12.7 Å². The van der Waals surface area contributed by atoms with Crippen LogP contribution in [0.15, 0.2) is 35.4 Å². The maximum absolute atomic E-state index is 13.2. The van der Waals surface area contributed by atoms with Gasteiger partial charge >= 0.3 is 0 Å². The second-order valence-corrected chi connectivity index (χ2v) is 6.30. The highest BCUT2D eigenvalue weighted by Gasteiger charge is 2.17. The molecule has 0 unspecified atom stereocenters. The lowest BCUT2D eigenvalue weighted by Crippen LogP contribution is -2.15. The number of nitrogens with zero attached hydrogens (tertiary/aromatic N) is 1.